The monoisotopic (exact) mass is 399 g/mol. The second-order valence-corrected chi connectivity index (χ2v) is 8.66. The van der Waals surface area contributed by atoms with E-state index in [1.54, 1.807) is 7.11 Å². The molecule has 29 heavy (non-hydrogen) atoms. The van der Waals surface area contributed by atoms with E-state index >= 15 is 0 Å². The summed E-state index contributed by atoms with van der Waals surface area (Å²) in [6, 6.07) is 5.59. The van der Waals surface area contributed by atoms with Gasteiger partial charge in [-0.05, 0) is 24.3 Å². The number of anilines is 1. The lowest BCUT2D eigenvalue weighted by molar-refractivity contribution is -0.143. The molecule has 3 aliphatic heterocycles. The number of hydrogen-bond acceptors (Lipinski definition) is 5. The fourth-order valence-corrected chi connectivity index (χ4v) is 5.36. The number of carbonyl (C=O) groups is 3. The normalized spacial score (nSPS) is 30.4. The number of nitrogens with one attached hydrogen (secondary N) is 2. The smallest absolute Gasteiger partial charge is 0.250 e. The molecule has 0 bridgehead atoms. The quantitative estimate of drug-likeness (QED) is 0.711. The fourth-order valence-electron chi connectivity index (χ4n) is 5.36. The van der Waals surface area contributed by atoms with Crippen LogP contribution in [0.15, 0.2) is 18.2 Å². The van der Waals surface area contributed by atoms with Crippen molar-refractivity contribution in [2.24, 2.45) is 17.8 Å². The highest BCUT2D eigenvalue weighted by Gasteiger charge is 2.70. The molecule has 7 heteroatoms. The van der Waals surface area contributed by atoms with E-state index in [4.69, 9.17) is 4.74 Å². The Morgan fingerprint density at radius 1 is 1.21 bits per heavy atom. The minimum absolute atomic E-state index is 0.194. The van der Waals surface area contributed by atoms with Gasteiger partial charge in [-0.1, -0.05) is 39.0 Å². The number of ether oxygens (including phenoxy) is 1. The van der Waals surface area contributed by atoms with Crippen molar-refractivity contribution in [3.63, 3.8) is 0 Å². The molecule has 1 spiro atoms. The molecule has 4 atom stereocenters. The summed E-state index contributed by atoms with van der Waals surface area (Å²) in [5.74, 6) is -1.65. The van der Waals surface area contributed by atoms with Gasteiger partial charge in [0.25, 0.3) is 0 Å². The van der Waals surface area contributed by atoms with Gasteiger partial charge in [0.15, 0.2) is 0 Å². The average Bonchev–Trinajstić information content (AvgIpc) is 3.25. The summed E-state index contributed by atoms with van der Waals surface area (Å²) in [6.07, 6.45) is 1.49. The van der Waals surface area contributed by atoms with E-state index in [-0.39, 0.29) is 36.9 Å². The number of imide groups is 1. The summed E-state index contributed by atoms with van der Waals surface area (Å²) in [4.78, 5) is 41.4. The van der Waals surface area contributed by atoms with Gasteiger partial charge in [0.05, 0.1) is 25.0 Å². The van der Waals surface area contributed by atoms with E-state index in [0.29, 0.717) is 5.92 Å². The number of para-hydroxylation sites is 1. The third-order valence-corrected chi connectivity index (χ3v) is 6.55. The van der Waals surface area contributed by atoms with Crippen molar-refractivity contribution >= 4 is 23.4 Å². The van der Waals surface area contributed by atoms with Crippen molar-refractivity contribution in [3.8, 4) is 0 Å². The Bertz CT molecular complexity index is 868. The third kappa shape index (κ3) is 2.74. The zero-order valence-corrected chi connectivity index (χ0v) is 17.5. The maximum absolute atomic E-state index is 13.4. The number of rotatable bonds is 6. The maximum Gasteiger partial charge on any atom is 0.250 e. The molecule has 1 aromatic rings. The van der Waals surface area contributed by atoms with Gasteiger partial charge >= 0.3 is 0 Å². The molecule has 3 heterocycles. The number of carbonyl (C=O) groups excluding carboxylic acids is 3. The van der Waals surface area contributed by atoms with Crippen LogP contribution in [0.5, 0.6) is 0 Å². The highest BCUT2D eigenvalue weighted by molar-refractivity contribution is 6.15. The second-order valence-electron chi connectivity index (χ2n) is 8.66. The Kier molecular flexibility index (Phi) is 4.99. The van der Waals surface area contributed by atoms with Crippen LogP contribution >= 0.6 is 0 Å². The number of amides is 3. The molecule has 0 radical (unpaired) electrons. The zero-order chi connectivity index (χ0) is 20.9. The molecule has 7 nitrogen and oxygen atoms in total. The van der Waals surface area contributed by atoms with E-state index in [9.17, 15) is 14.4 Å². The third-order valence-electron chi connectivity index (χ3n) is 6.55. The van der Waals surface area contributed by atoms with Gasteiger partial charge in [-0.2, -0.15) is 0 Å². The van der Waals surface area contributed by atoms with Crippen LogP contribution in [0.2, 0.25) is 0 Å². The molecule has 1 aromatic carbocycles. The minimum Gasteiger partial charge on any atom is -0.383 e. The lowest BCUT2D eigenvalue weighted by Gasteiger charge is -2.30. The fraction of sp³-hybridized carbons (Fsp3) is 0.591. The van der Waals surface area contributed by atoms with Crippen LogP contribution < -0.4 is 10.6 Å². The first-order chi connectivity index (χ1) is 13.9. The first-order valence-electron chi connectivity index (χ1n) is 10.4. The summed E-state index contributed by atoms with van der Waals surface area (Å²) < 4.78 is 5.10. The summed E-state index contributed by atoms with van der Waals surface area (Å²) in [6.45, 7) is 6.72. The zero-order valence-electron chi connectivity index (χ0n) is 17.5. The lowest BCUT2D eigenvalue weighted by atomic mass is 9.76. The molecule has 0 saturated carbocycles. The molecule has 3 amide bonds. The first kappa shape index (κ1) is 20.0. The van der Waals surface area contributed by atoms with Gasteiger partial charge in [-0.15, -0.1) is 0 Å². The van der Waals surface area contributed by atoms with Crippen LogP contribution in [0, 0.1) is 17.8 Å². The Labute approximate surface area is 171 Å². The number of likely N-dealkylation sites (tertiary alicyclic amines) is 1. The Balaban J connectivity index is 1.84. The standard InChI is InChI=1S/C22H29N3O4/c1-5-13-7-6-8-14-18(13)23-21(28)22(14)17-16(15(24-22)11-12(2)3)19(26)25(20(17)27)9-10-29-4/h6-8,12,15-17,24H,5,9-11H2,1-4H3,(H,23,28)/t15?,16-,17+,22?/m1/s1. The van der Waals surface area contributed by atoms with Gasteiger partial charge in [-0.3, -0.25) is 24.6 Å². The second kappa shape index (κ2) is 7.22. The number of fused-ring (bicyclic) bond motifs is 4. The van der Waals surface area contributed by atoms with Crippen molar-refractivity contribution in [2.75, 3.05) is 25.6 Å². The molecule has 156 valence electrons. The minimum atomic E-state index is -1.20. The number of benzene rings is 1. The van der Waals surface area contributed by atoms with E-state index in [0.717, 1.165) is 29.7 Å². The molecule has 0 aromatic heterocycles. The summed E-state index contributed by atoms with van der Waals surface area (Å²) >= 11 is 0. The van der Waals surface area contributed by atoms with E-state index in [1.165, 1.54) is 4.90 Å². The highest BCUT2D eigenvalue weighted by atomic mass is 16.5. The summed E-state index contributed by atoms with van der Waals surface area (Å²) in [5, 5.41) is 6.50. The highest BCUT2D eigenvalue weighted by Crippen LogP contribution is 2.54. The molecule has 4 rings (SSSR count). The maximum atomic E-state index is 13.4. The first-order valence-corrected chi connectivity index (χ1v) is 10.4. The topological polar surface area (TPSA) is 87.7 Å². The Hall–Kier alpha value is -2.25. The molecule has 2 unspecified atom stereocenters. The largest absolute Gasteiger partial charge is 0.383 e. The van der Waals surface area contributed by atoms with Gasteiger partial charge in [-0.25, -0.2) is 0 Å². The van der Waals surface area contributed by atoms with E-state index in [2.05, 4.69) is 24.5 Å². The number of nitrogens with zero attached hydrogens (tertiary/aromatic N) is 1. The van der Waals surface area contributed by atoms with Crippen LogP contribution in [0.4, 0.5) is 5.69 Å². The summed E-state index contributed by atoms with van der Waals surface area (Å²) in [7, 11) is 1.55. The average molecular weight is 399 g/mol. The molecule has 2 saturated heterocycles. The molecule has 3 aliphatic rings. The van der Waals surface area contributed by atoms with Gasteiger partial charge in [0, 0.05) is 24.4 Å². The van der Waals surface area contributed by atoms with Gasteiger partial charge < -0.3 is 10.1 Å². The van der Waals surface area contributed by atoms with Crippen molar-refractivity contribution < 1.29 is 19.1 Å². The van der Waals surface area contributed by atoms with Crippen molar-refractivity contribution in [3.05, 3.63) is 29.3 Å². The van der Waals surface area contributed by atoms with E-state index < -0.39 is 17.4 Å². The molecule has 2 N–H and O–H groups in total. The summed E-state index contributed by atoms with van der Waals surface area (Å²) in [5.41, 5.74) is 1.41. The van der Waals surface area contributed by atoms with Crippen LogP contribution in [0.3, 0.4) is 0 Å². The van der Waals surface area contributed by atoms with Crippen molar-refractivity contribution in [1.82, 2.24) is 10.2 Å². The van der Waals surface area contributed by atoms with Crippen LogP contribution in [0.1, 0.15) is 38.3 Å². The van der Waals surface area contributed by atoms with Crippen LogP contribution in [-0.2, 0) is 31.1 Å². The van der Waals surface area contributed by atoms with Gasteiger partial charge in [0.1, 0.15) is 5.54 Å². The number of hydrogen-bond donors (Lipinski definition) is 2. The van der Waals surface area contributed by atoms with Crippen LogP contribution in [0.25, 0.3) is 0 Å². The van der Waals surface area contributed by atoms with Crippen molar-refractivity contribution in [2.45, 2.75) is 45.2 Å². The molecular formula is C22H29N3O4. The van der Waals surface area contributed by atoms with Gasteiger partial charge in [0.2, 0.25) is 17.7 Å². The predicted octanol–water partition coefficient (Wildman–Crippen LogP) is 1.66. The van der Waals surface area contributed by atoms with Crippen LogP contribution in [-0.4, -0.2) is 48.9 Å². The lowest BCUT2D eigenvalue weighted by Crippen LogP contribution is -2.53. The Morgan fingerprint density at radius 3 is 2.62 bits per heavy atom. The number of aryl methyl sites for hydroxylation is 1. The molecular weight excluding hydrogens is 370 g/mol. The van der Waals surface area contributed by atoms with Crippen molar-refractivity contribution in [1.29, 1.82) is 0 Å². The number of methoxy groups -OCH3 is 1. The SMILES string of the molecule is CCc1cccc2c1NC(=O)C21NC(CC(C)C)[C@H]2C(=O)N(CCOC)C(=O)[C@H]21. The molecule has 0 aliphatic carbocycles. The molecule has 2 fully saturated rings. The van der Waals surface area contributed by atoms with E-state index in [1.807, 2.05) is 25.1 Å². The predicted molar refractivity (Wildman–Crippen MR) is 108 cm³/mol. The Morgan fingerprint density at radius 2 is 1.97 bits per heavy atom.